The van der Waals surface area contributed by atoms with Crippen molar-refractivity contribution in [1.82, 2.24) is 9.78 Å². The van der Waals surface area contributed by atoms with Crippen molar-refractivity contribution < 1.29 is 4.79 Å². The molecule has 4 rings (SSSR count). The lowest BCUT2D eigenvalue weighted by Gasteiger charge is -2.18. The third kappa shape index (κ3) is 2.84. The maximum absolute atomic E-state index is 12.7. The largest absolute Gasteiger partial charge is 0.314 e. The van der Waals surface area contributed by atoms with Crippen LogP contribution >= 0.6 is 0 Å². The predicted octanol–water partition coefficient (Wildman–Crippen LogP) is 3.21. The Morgan fingerprint density at radius 3 is 2.46 bits per heavy atom. The number of hydrogen-bond donors (Lipinski definition) is 0. The van der Waals surface area contributed by atoms with Gasteiger partial charge in [0, 0.05) is 18.1 Å². The number of rotatable bonds is 3. The van der Waals surface area contributed by atoms with Gasteiger partial charge in [-0.1, -0.05) is 48.5 Å². The molecule has 0 saturated heterocycles. The van der Waals surface area contributed by atoms with E-state index in [4.69, 9.17) is 0 Å². The van der Waals surface area contributed by atoms with Crippen LogP contribution in [0.15, 0.2) is 77.7 Å². The maximum Gasteiger partial charge on any atom is 0.275 e. The van der Waals surface area contributed by atoms with Crippen molar-refractivity contribution in [2.24, 2.45) is 0 Å². The summed E-state index contributed by atoms with van der Waals surface area (Å²) in [7, 11) is 1.71. The Kier molecular flexibility index (Phi) is 3.97. The van der Waals surface area contributed by atoms with E-state index >= 15 is 0 Å². The third-order valence-electron chi connectivity index (χ3n) is 4.54. The highest BCUT2D eigenvalue weighted by atomic mass is 16.2. The Balaban J connectivity index is 1.63. The van der Waals surface area contributed by atoms with Crippen LogP contribution in [0.5, 0.6) is 0 Å². The molecular weight excluding hydrogens is 326 g/mol. The van der Waals surface area contributed by atoms with E-state index in [1.54, 1.807) is 30.3 Å². The van der Waals surface area contributed by atoms with Crippen molar-refractivity contribution >= 4 is 33.1 Å². The molecule has 0 atom stereocenters. The Morgan fingerprint density at radius 1 is 0.962 bits per heavy atom. The fourth-order valence-corrected chi connectivity index (χ4v) is 3.00. The lowest BCUT2D eigenvalue weighted by Crippen LogP contribution is -2.35. The summed E-state index contributed by atoms with van der Waals surface area (Å²) in [5, 5.41) is 7.63. The fraction of sp³-hybridized carbons (Fsp3) is 0.0952. The number of benzene rings is 3. The molecule has 0 radical (unpaired) electrons. The summed E-state index contributed by atoms with van der Waals surface area (Å²) in [6, 6.07) is 21.1. The third-order valence-corrected chi connectivity index (χ3v) is 4.54. The molecule has 26 heavy (non-hydrogen) atoms. The highest BCUT2D eigenvalue weighted by Crippen LogP contribution is 2.21. The SMILES string of the molecule is CN(C(=O)Cn1ncc2ccccc2c1=O)c1ccc2ccccc2c1. The second-order valence-electron chi connectivity index (χ2n) is 6.18. The number of anilines is 1. The molecule has 128 valence electrons. The first-order valence-corrected chi connectivity index (χ1v) is 8.34. The summed E-state index contributed by atoms with van der Waals surface area (Å²) in [4.78, 5) is 26.7. The van der Waals surface area contributed by atoms with Crippen LogP contribution < -0.4 is 10.5 Å². The zero-order valence-electron chi connectivity index (χ0n) is 14.3. The molecule has 3 aromatic carbocycles. The number of nitrogens with zero attached hydrogens (tertiary/aromatic N) is 3. The normalized spacial score (nSPS) is 11.0. The standard InChI is InChI=1S/C21H17N3O2/c1-23(18-11-10-15-6-2-3-7-16(15)12-18)20(25)14-24-21(26)19-9-5-4-8-17(19)13-22-24/h2-13H,14H2,1H3. The van der Waals surface area contributed by atoms with Crippen molar-refractivity contribution in [2.45, 2.75) is 6.54 Å². The van der Waals surface area contributed by atoms with Crippen LogP contribution in [-0.4, -0.2) is 22.7 Å². The zero-order valence-corrected chi connectivity index (χ0v) is 14.3. The van der Waals surface area contributed by atoms with E-state index in [0.717, 1.165) is 21.8 Å². The number of hydrogen-bond acceptors (Lipinski definition) is 3. The topological polar surface area (TPSA) is 55.2 Å². The monoisotopic (exact) mass is 343 g/mol. The molecule has 0 aliphatic heterocycles. The van der Waals surface area contributed by atoms with Gasteiger partial charge >= 0.3 is 0 Å². The average Bonchev–Trinajstić information content (AvgIpc) is 2.69. The van der Waals surface area contributed by atoms with Crippen molar-refractivity contribution in [2.75, 3.05) is 11.9 Å². The molecule has 5 heteroatoms. The van der Waals surface area contributed by atoms with Crippen molar-refractivity contribution in [3.05, 3.63) is 83.3 Å². The minimum absolute atomic E-state index is 0.104. The lowest BCUT2D eigenvalue weighted by molar-refractivity contribution is -0.119. The van der Waals surface area contributed by atoms with E-state index in [9.17, 15) is 9.59 Å². The molecule has 0 spiro atoms. The van der Waals surface area contributed by atoms with E-state index in [0.29, 0.717) is 5.39 Å². The Labute approximate surface area is 150 Å². The molecule has 1 heterocycles. The van der Waals surface area contributed by atoms with E-state index < -0.39 is 0 Å². The van der Waals surface area contributed by atoms with Crippen LogP contribution in [0, 0.1) is 0 Å². The molecule has 0 saturated carbocycles. The highest BCUT2D eigenvalue weighted by Gasteiger charge is 2.14. The number of carbonyl (C=O) groups excluding carboxylic acids is 1. The van der Waals surface area contributed by atoms with Crippen molar-refractivity contribution in [3.8, 4) is 0 Å². The van der Waals surface area contributed by atoms with E-state index in [-0.39, 0.29) is 18.0 Å². The van der Waals surface area contributed by atoms with Crippen molar-refractivity contribution in [1.29, 1.82) is 0 Å². The van der Waals surface area contributed by atoms with Gasteiger partial charge in [-0.05, 0) is 29.0 Å². The fourth-order valence-electron chi connectivity index (χ4n) is 3.00. The number of fused-ring (bicyclic) bond motifs is 2. The van der Waals surface area contributed by atoms with E-state index in [1.165, 1.54) is 4.68 Å². The number of likely N-dealkylation sites (N-methyl/N-ethyl adjacent to an activating group) is 1. The molecule has 0 unspecified atom stereocenters. The first-order chi connectivity index (χ1) is 12.6. The molecule has 0 aliphatic rings. The summed E-state index contributed by atoms with van der Waals surface area (Å²) in [5.74, 6) is -0.204. The van der Waals surface area contributed by atoms with Crippen LogP contribution in [0.4, 0.5) is 5.69 Å². The molecule has 4 aromatic rings. The Bertz CT molecular complexity index is 1180. The molecule has 0 N–H and O–H groups in total. The summed E-state index contributed by atoms with van der Waals surface area (Å²) in [5.41, 5.74) is 0.519. The second kappa shape index (κ2) is 6.44. The summed E-state index contributed by atoms with van der Waals surface area (Å²) in [6.45, 7) is -0.104. The van der Waals surface area contributed by atoms with Crippen LogP contribution in [0.25, 0.3) is 21.5 Å². The number of amides is 1. The number of carbonyl (C=O) groups is 1. The van der Waals surface area contributed by atoms with Gasteiger partial charge in [-0.3, -0.25) is 9.59 Å². The second-order valence-corrected chi connectivity index (χ2v) is 6.18. The van der Waals surface area contributed by atoms with Crippen LogP contribution in [-0.2, 0) is 11.3 Å². The van der Waals surface area contributed by atoms with Gasteiger partial charge in [0.15, 0.2) is 0 Å². The van der Waals surface area contributed by atoms with Gasteiger partial charge in [0.05, 0.1) is 11.6 Å². The molecule has 1 amide bonds. The lowest BCUT2D eigenvalue weighted by atomic mass is 10.1. The number of aromatic nitrogens is 2. The highest BCUT2D eigenvalue weighted by molar-refractivity contribution is 5.96. The Hall–Kier alpha value is -3.47. The van der Waals surface area contributed by atoms with E-state index in [1.807, 2.05) is 54.6 Å². The van der Waals surface area contributed by atoms with Crippen LogP contribution in [0.1, 0.15) is 0 Å². The summed E-state index contributed by atoms with van der Waals surface area (Å²) >= 11 is 0. The smallest absolute Gasteiger partial charge is 0.275 e. The van der Waals surface area contributed by atoms with Crippen LogP contribution in [0.3, 0.4) is 0 Å². The van der Waals surface area contributed by atoms with Gasteiger partial charge < -0.3 is 4.90 Å². The van der Waals surface area contributed by atoms with Gasteiger partial charge in [-0.25, -0.2) is 4.68 Å². The quantitative estimate of drug-likeness (QED) is 0.574. The van der Waals surface area contributed by atoms with Crippen molar-refractivity contribution in [3.63, 3.8) is 0 Å². The summed E-state index contributed by atoms with van der Waals surface area (Å²) < 4.78 is 1.21. The first kappa shape index (κ1) is 16.0. The van der Waals surface area contributed by atoms with Gasteiger partial charge in [0.25, 0.3) is 5.56 Å². The molecule has 0 fully saturated rings. The summed E-state index contributed by atoms with van der Waals surface area (Å²) in [6.07, 6.45) is 1.61. The molecule has 1 aromatic heterocycles. The molecule has 0 bridgehead atoms. The van der Waals surface area contributed by atoms with Gasteiger partial charge in [0.2, 0.25) is 5.91 Å². The minimum atomic E-state index is -0.261. The van der Waals surface area contributed by atoms with Crippen LogP contribution in [0.2, 0.25) is 0 Å². The van der Waals surface area contributed by atoms with E-state index in [2.05, 4.69) is 5.10 Å². The van der Waals surface area contributed by atoms with Gasteiger partial charge in [-0.15, -0.1) is 0 Å². The van der Waals surface area contributed by atoms with Gasteiger partial charge in [-0.2, -0.15) is 5.10 Å². The Morgan fingerprint density at radius 2 is 1.65 bits per heavy atom. The average molecular weight is 343 g/mol. The first-order valence-electron chi connectivity index (χ1n) is 8.34. The van der Waals surface area contributed by atoms with Gasteiger partial charge in [0.1, 0.15) is 6.54 Å². The predicted molar refractivity (Wildman–Crippen MR) is 103 cm³/mol. The maximum atomic E-state index is 12.7. The molecule has 5 nitrogen and oxygen atoms in total. The molecule has 0 aliphatic carbocycles. The minimum Gasteiger partial charge on any atom is -0.314 e. The zero-order chi connectivity index (χ0) is 18.1. The molecular formula is C21H17N3O2.